The zero-order valence-corrected chi connectivity index (χ0v) is 22.7. The van der Waals surface area contributed by atoms with Gasteiger partial charge >= 0.3 is 11.8 Å². The van der Waals surface area contributed by atoms with Crippen molar-refractivity contribution in [2.45, 2.75) is 45.4 Å². The fraction of sp³-hybridized carbons (Fsp3) is 0.375. The summed E-state index contributed by atoms with van der Waals surface area (Å²) in [5.74, 6) is -0.138. The number of aromatic nitrogens is 5. The molecule has 1 saturated heterocycles. The van der Waals surface area contributed by atoms with E-state index in [9.17, 15) is 24.4 Å². The normalized spacial score (nSPS) is 13.6. The van der Waals surface area contributed by atoms with Gasteiger partial charge in [-0.25, -0.2) is 19.3 Å². The molecule has 0 atom stereocenters. The third kappa shape index (κ3) is 6.33. The van der Waals surface area contributed by atoms with E-state index in [2.05, 4.69) is 15.3 Å². The van der Waals surface area contributed by atoms with Gasteiger partial charge in [-0.05, 0) is 18.1 Å². The fourth-order valence-corrected chi connectivity index (χ4v) is 4.25. The number of nitrogens with one attached hydrogen (secondary N) is 1. The Kier molecular flexibility index (Phi) is 8.88. The average molecular weight is 593 g/mol. The molecule has 1 N–H and O–H groups in total. The number of aromatic amines is 1. The van der Waals surface area contributed by atoms with Crippen molar-refractivity contribution >= 4 is 29.4 Å². The highest BCUT2D eigenvalue weighted by Gasteiger charge is 2.22. The van der Waals surface area contributed by atoms with Crippen LogP contribution in [0.15, 0.2) is 32.6 Å². The molecule has 3 heterocycles. The lowest BCUT2D eigenvalue weighted by molar-refractivity contribution is -0.0365. The van der Waals surface area contributed by atoms with Crippen LogP contribution in [0.25, 0.3) is 5.69 Å². The van der Waals surface area contributed by atoms with Gasteiger partial charge in [0.2, 0.25) is 11.6 Å². The van der Waals surface area contributed by atoms with Gasteiger partial charge < -0.3 is 18.9 Å². The first kappa shape index (κ1) is 28.8. The van der Waals surface area contributed by atoms with Crippen LogP contribution in [0.4, 0.5) is 4.79 Å². The SMILES string of the molecule is CC(C)c1cc(Oc2c(Cl)cc(-n3nc(C#N)c(=O)n(COC(=O)OC4CCOCC4)c3=O)cc2Cl)n[nH]c1=O. The number of nitriles is 1. The molecule has 0 spiro atoms. The molecule has 16 heteroatoms. The summed E-state index contributed by atoms with van der Waals surface area (Å²) >= 11 is 12.8. The van der Waals surface area contributed by atoms with E-state index in [0.29, 0.717) is 40.9 Å². The molecule has 40 heavy (non-hydrogen) atoms. The van der Waals surface area contributed by atoms with Crippen molar-refractivity contribution in [1.29, 1.82) is 5.26 Å². The van der Waals surface area contributed by atoms with E-state index in [0.717, 1.165) is 0 Å². The Labute approximate surface area is 235 Å². The van der Waals surface area contributed by atoms with E-state index < -0.39 is 35.9 Å². The smallest absolute Gasteiger partial charge is 0.434 e. The number of nitrogens with zero attached hydrogens (tertiary/aromatic N) is 5. The second kappa shape index (κ2) is 12.3. The molecule has 0 unspecified atom stereocenters. The molecular formula is C24H22Cl2N6O8. The lowest BCUT2D eigenvalue weighted by Gasteiger charge is -2.21. The van der Waals surface area contributed by atoms with Crippen LogP contribution in [0.3, 0.4) is 0 Å². The quantitative estimate of drug-likeness (QED) is 0.398. The second-order valence-electron chi connectivity index (χ2n) is 8.83. The molecule has 2 aromatic heterocycles. The highest BCUT2D eigenvalue weighted by atomic mass is 35.5. The first-order valence-corrected chi connectivity index (χ1v) is 12.7. The van der Waals surface area contributed by atoms with Crippen molar-refractivity contribution in [2.75, 3.05) is 13.2 Å². The molecule has 1 fully saturated rings. The highest BCUT2D eigenvalue weighted by molar-refractivity contribution is 6.37. The molecule has 4 rings (SSSR count). The Bertz CT molecular complexity index is 1630. The minimum Gasteiger partial charge on any atom is -0.434 e. The summed E-state index contributed by atoms with van der Waals surface area (Å²) in [7, 11) is 0. The highest BCUT2D eigenvalue weighted by Crippen LogP contribution is 2.37. The van der Waals surface area contributed by atoms with E-state index in [-0.39, 0.29) is 38.8 Å². The number of benzene rings is 1. The van der Waals surface area contributed by atoms with Gasteiger partial charge in [-0.1, -0.05) is 37.0 Å². The van der Waals surface area contributed by atoms with Crippen LogP contribution in [0.1, 0.15) is 43.9 Å². The summed E-state index contributed by atoms with van der Waals surface area (Å²) < 4.78 is 22.2. The first-order valence-electron chi connectivity index (χ1n) is 11.9. The van der Waals surface area contributed by atoms with Crippen LogP contribution in [-0.2, 0) is 20.9 Å². The summed E-state index contributed by atoms with van der Waals surface area (Å²) in [6.45, 7) is 3.65. The van der Waals surface area contributed by atoms with Crippen molar-refractivity contribution in [3.63, 3.8) is 0 Å². The summed E-state index contributed by atoms with van der Waals surface area (Å²) in [6, 6.07) is 5.55. The number of hydrogen-bond donors (Lipinski definition) is 1. The molecule has 1 aliphatic heterocycles. The van der Waals surface area contributed by atoms with Crippen molar-refractivity contribution in [2.24, 2.45) is 0 Å². The number of ether oxygens (including phenoxy) is 4. The Morgan fingerprint density at radius 2 is 1.88 bits per heavy atom. The summed E-state index contributed by atoms with van der Waals surface area (Å²) in [5, 5.41) is 19.2. The molecule has 3 aromatic rings. The number of rotatable bonds is 7. The van der Waals surface area contributed by atoms with Gasteiger partial charge in [-0.15, -0.1) is 10.2 Å². The maximum Gasteiger partial charge on any atom is 0.510 e. The Hall–Kier alpha value is -4.19. The monoisotopic (exact) mass is 592 g/mol. The molecule has 0 radical (unpaired) electrons. The maximum atomic E-state index is 13.1. The van der Waals surface area contributed by atoms with Gasteiger partial charge in [-0.2, -0.15) is 9.94 Å². The van der Waals surface area contributed by atoms with E-state index in [4.69, 9.17) is 42.1 Å². The fourth-order valence-electron chi connectivity index (χ4n) is 3.70. The summed E-state index contributed by atoms with van der Waals surface area (Å²) in [6.07, 6.45) is -0.554. The van der Waals surface area contributed by atoms with Gasteiger partial charge in [-0.3, -0.25) is 9.59 Å². The third-order valence-corrected chi connectivity index (χ3v) is 6.34. The second-order valence-corrected chi connectivity index (χ2v) is 9.64. The Morgan fingerprint density at radius 1 is 1.20 bits per heavy atom. The van der Waals surface area contributed by atoms with Gasteiger partial charge in [0.05, 0.1) is 28.9 Å². The molecule has 1 aromatic carbocycles. The lowest BCUT2D eigenvalue weighted by atomic mass is 10.1. The summed E-state index contributed by atoms with van der Waals surface area (Å²) in [5.41, 5.74) is -2.76. The standard InChI is InChI=1S/C24H22Cl2N6O8/c1-12(2)15-9-19(28-29-21(15)33)40-20-16(25)7-13(8-17(20)26)32-23(35)31(22(34)18(10-27)30-32)11-38-24(36)39-14-3-5-37-6-4-14/h7-9,12,14H,3-6,11H2,1-2H3,(H,29,33). The van der Waals surface area contributed by atoms with E-state index >= 15 is 0 Å². The zero-order chi connectivity index (χ0) is 29.0. The number of carbonyl (C=O) groups is 1. The van der Waals surface area contributed by atoms with Crippen LogP contribution in [-0.4, -0.2) is 50.0 Å². The van der Waals surface area contributed by atoms with Crippen molar-refractivity contribution in [1.82, 2.24) is 24.5 Å². The number of carbonyl (C=O) groups excluding carboxylic acids is 1. The Balaban J connectivity index is 1.63. The maximum absolute atomic E-state index is 13.1. The minimum absolute atomic E-state index is 0.0141. The first-order chi connectivity index (χ1) is 19.1. The molecule has 210 valence electrons. The number of H-pyrrole nitrogens is 1. The van der Waals surface area contributed by atoms with Crippen LogP contribution in [0, 0.1) is 11.3 Å². The van der Waals surface area contributed by atoms with Gasteiger partial charge in [0.1, 0.15) is 12.2 Å². The van der Waals surface area contributed by atoms with E-state index in [1.165, 1.54) is 18.2 Å². The lowest BCUT2D eigenvalue weighted by Crippen LogP contribution is -2.43. The molecule has 0 bridgehead atoms. The van der Waals surface area contributed by atoms with Gasteiger partial charge in [0.25, 0.3) is 11.1 Å². The molecule has 0 saturated carbocycles. The largest absolute Gasteiger partial charge is 0.510 e. The average Bonchev–Trinajstić information content (AvgIpc) is 2.92. The molecule has 1 aliphatic rings. The van der Waals surface area contributed by atoms with E-state index in [1.807, 2.05) is 13.8 Å². The number of hydrogen-bond acceptors (Lipinski definition) is 11. The molecule has 0 amide bonds. The predicted octanol–water partition coefficient (Wildman–Crippen LogP) is 2.86. The number of halogens is 2. The Morgan fingerprint density at radius 3 is 2.50 bits per heavy atom. The topological polar surface area (TPSA) is 180 Å². The van der Waals surface area contributed by atoms with E-state index in [1.54, 1.807) is 6.07 Å². The van der Waals surface area contributed by atoms with Gasteiger partial charge in [0, 0.05) is 24.5 Å². The molecule has 14 nitrogen and oxygen atoms in total. The van der Waals surface area contributed by atoms with Crippen LogP contribution in [0.2, 0.25) is 10.0 Å². The van der Waals surface area contributed by atoms with Crippen molar-refractivity contribution in [3.8, 4) is 23.4 Å². The van der Waals surface area contributed by atoms with Crippen LogP contribution in [0.5, 0.6) is 11.6 Å². The zero-order valence-electron chi connectivity index (χ0n) is 21.2. The molecular weight excluding hydrogens is 571 g/mol. The summed E-state index contributed by atoms with van der Waals surface area (Å²) in [4.78, 5) is 49.8. The van der Waals surface area contributed by atoms with Crippen LogP contribution >= 0.6 is 23.2 Å². The van der Waals surface area contributed by atoms with Crippen LogP contribution < -0.4 is 21.5 Å². The predicted molar refractivity (Wildman–Crippen MR) is 139 cm³/mol. The minimum atomic E-state index is -1.09. The third-order valence-electron chi connectivity index (χ3n) is 5.77. The van der Waals surface area contributed by atoms with Crippen molar-refractivity contribution in [3.05, 3.63) is 70.7 Å². The molecule has 0 aliphatic carbocycles. The van der Waals surface area contributed by atoms with Crippen molar-refractivity contribution < 1.29 is 23.7 Å². The van der Waals surface area contributed by atoms with Gasteiger partial charge in [0.15, 0.2) is 12.5 Å².